The van der Waals surface area contributed by atoms with Crippen LogP contribution in [0.2, 0.25) is 20.1 Å². The lowest BCUT2D eigenvalue weighted by Crippen LogP contribution is -2.29. The van der Waals surface area contributed by atoms with Gasteiger partial charge in [-0.3, -0.25) is 9.59 Å². The van der Waals surface area contributed by atoms with E-state index in [1.165, 1.54) is 24.3 Å². The lowest BCUT2D eigenvalue weighted by Gasteiger charge is -2.11. The third-order valence-corrected chi connectivity index (χ3v) is 3.87. The molecule has 8 heteroatoms. The predicted molar refractivity (Wildman–Crippen MR) is 90.2 cm³/mol. The minimum Gasteiger partial charge on any atom is -0.315 e. The van der Waals surface area contributed by atoms with Crippen LogP contribution >= 0.6 is 46.4 Å². The Bertz CT molecular complexity index is 646. The Morgan fingerprint density at radius 3 is 1.18 bits per heavy atom. The summed E-state index contributed by atoms with van der Waals surface area (Å²) in [6.07, 6.45) is 0. The fraction of sp³-hybridized carbons (Fsp3) is 0. The van der Waals surface area contributed by atoms with Crippen LogP contribution in [0, 0.1) is 0 Å². The van der Waals surface area contributed by atoms with Gasteiger partial charge in [-0.1, -0.05) is 58.5 Å². The molecule has 2 amide bonds. The van der Waals surface area contributed by atoms with E-state index in [-0.39, 0.29) is 31.5 Å². The van der Waals surface area contributed by atoms with Gasteiger partial charge in [0.2, 0.25) is 0 Å². The van der Waals surface area contributed by atoms with Crippen molar-refractivity contribution in [2.24, 2.45) is 0 Å². The van der Waals surface area contributed by atoms with Crippen LogP contribution in [0.3, 0.4) is 0 Å². The van der Waals surface area contributed by atoms with Crippen molar-refractivity contribution in [3.63, 3.8) is 0 Å². The van der Waals surface area contributed by atoms with Gasteiger partial charge in [-0.15, -0.1) is 0 Å². The van der Waals surface area contributed by atoms with Crippen molar-refractivity contribution in [1.82, 2.24) is 0 Å². The van der Waals surface area contributed by atoms with Crippen LogP contribution in [-0.4, -0.2) is 11.8 Å². The standard InChI is InChI=1S/C14H8Cl4N2O2/c15-7-3-1-4-8(16)11(7)19-13(21)14(22)20-12-9(17)5-2-6-10(12)18/h1-6H,(H,19,21)(H,20,22). The summed E-state index contributed by atoms with van der Waals surface area (Å²) in [7, 11) is 0. The highest BCUT2D eigenvalue weighted by Gasteiger charge is 2.19. The highest BCUT2D eigenvalue weighted by Crippen LogP contribution is 2.31. The second-order valence-electron chi connectivity index (χ2n) is 4.10. The van der Waals surface area contributed by atoms with Crippen molar-refractivity contribution in [1.29, 1.82) is 0 Å². The molecule has 0 atom stereocenters. The van der Waals surface area contributed by atoms with Gasteiger partial charge in [0.25, 0.3) is 0 Å². The number of hydrogen-bond acceptors (Lipinski definition) is 2. The second-order valence-corrected chi connectivity index (χ2v) is 5.73. The quantitative estimate of drug-likeness (QED) is 0.733. The molecular weight excluding hydrogens is 370 g/mol. The van der Waals surface area contributed by atoms with Gasteiger partial charge in [0.15, 0.2) is 0 Å². The summed E-state index contributed by atoms with van der Waals surface area (Å²) < 4.78 is 0. The zero-order valence-electron chi connectivity index (χ0n) is 10.8. The molecular formula is C14H8Cl4N2O2. The highest BCUT2D eigenvalue weighted by atomic mass is 35.5. The maximum absolute atomic E-state index is 11.9. The first-order valence-corrected chi connectivity index (χ1v) is 7.41. The number of anilines is 2. The summed E-state index contributed by atoms with van der Waals surface area (Å²) in [5, 5.41) is 5.52. The molecule has 0 bridgehead atoms. The van der Waals surface area contributed by atoms with E-state index in [0.717, 1.165) is 0 Å². The molecule has 0 fully saturated rings. The number of carbonyl (C=O) groups excluding carboxylic acids is 2. The first-order chi connectivity index (χ1) is 10.4. The van der Waals surface area contributed by atoms with Crippen molar-refractivity contribution in [3.8, 4) is 0 Å². The number of halogens is 4. The Hall–Kier alpha value is -1.46. The number of para-hydroxylation sites is 2. The first-order valence-electron chi connectivity index (χ1n) is 5.90. The number of carbonyl (C=O) groups is 2. The van der Waals surface area contributed by atoms with E-state index in [4.69, 9.17) is 46.4 Å². The Balaban J connectivity index is 2.15. The number of rotatable bonds is 2. The van der Waals surface area contributed by atoms with Gasteiger partial charge in [-0.25, -0.2) is 0 Å². The highest BCUT2D eigenvalue weighted by molar-refractivity contribution is 6.48. The summed E-state index contributed by atoms with van der Waals surface area (Å²) >= 11 is 23.7. The van der Waals surface area contributed by atoms with Gasteiger partial charge in [-0.2, -0.15) is 0 Å². The molecule has 114 valence electrons. The Labute approximate surface area is 146 Å². The van der Waals surface area contributed by atoms with Gasteiger partial charge in [0, 0.05) is 0 Å². The average molecular weight is 378 g/mol. The molecule has 2 rings (SSSR count). The van der Waals surface area contributed by atoms with Gasteiger partial charge in [0.1, 0.15) is 0 Å². The van der Waals surface area contributed by atoms with E-state index in [1.807, 2.05) is 0 Å². The molecule has 0 spiro atoms. The molecule has 22 heavy (non-hydrogen) atoms. The largest absolute Gasteiger partial charge is 0.315 e. The van der Waals surface area contributed by atoms with Crippen LogP contribution in [0.4, 0.5) is 11.4 Å². The molecule has 0 unspecified atom stereocenters. The van der Waals surface area contributed by atoms with Gasteiger partial charge in [0.05, 0.1) is 31.5 Å². The SMILES string of the molecule is O=C(Nc1c(Cl)cccc1Cl)C(=O)Nc1c(Cl)cccc1Cl. The molecule has 0 aliphatic carbocycles. The van der Waals surface area contributed by atoms with Gasteiger partial charge < -0.3 is 10.6 Å². The van der Waals surface area contributed by atoms with E-state index >= 15 is 0 Å². The van der Waals surface area contributed by atoms with Crippen LogP contribution in [0.25, 0.3) is 0 Å². The molecule has 2 aromatic rings. The molecule has 0 aliphatic heterocycles. The monoisotopic (exact) mass is 376 g/mol. The smallest absolute Gasteiger partial charge is 0.314 e. The summed E-state index contributed by atoms with van der Waals surface area (Å²) in [5.41, 5.74) is 0.299. The zero-order valence-corrected chi connectivity index (χ0v) is 13.8. The van der Waals surface area contributed by atoms with Crippen LogP contribution < -0.4 is 10.6 Å². The minimum absolute atomic E-state index is 0.149. The number of nitrogens with one attached hydrogen (secondary N) is 2. The third kappa shape index (κ3) is 3.84. The van der Waals surface area contributed by atoms with E-state index in [0.29, 0.717) is 0 Å². The average Bonchev–Trinajstić information content (AvgIpc) is 2.46. The lowest BCUT2D eigenvalue weighted by molar-refractivity contribution is -0.132. The number of benzene rings is 2. The van der Waals surface area contributed by atoms with Crippen molar-refractivity contribution < 1.29 is 9.59 Å². The summed E-state index contributed by atoms with van der Waals surface area (Å²) in [6.45, 7) is 0. The molecule has 0 heterocycles. The molecule has 2 N–H and O–H groups in total. The van der Waals surface area contributed by atoms with E-state index in [2.05, 4.69) is 10.6 Å². The topological polar surface area (TPSA) is 58.2 Å². The molecule has 0 saturated heterocycles. The lowest BCUT2D eigenvalue weighted by atomic mass is 10.3. The van der Waals surface area contributed by atoms with Gasteiger partial charge in [-0.05, 0) is 24.3 Å². The molecule has 0 aliphatic rings. The van der Waals surface area contributed by atoms with Crippen molar-refractivity contribution in [3.05, 3.63) is 56.5 Å². The Morgan fingerprint density at radius 1 is 0.636 bits per heavy atom. The van der Waals surface area contributed by atoms with Crippen molar-refractivity contribution >= 4 is 69.6 Å². The predicted octanol–water partition coefficient (Wildman–Crippen LogP) is 4.88. The van der Waals surface area contributed by atoms with Crippen LogP contribution in [0.1, 0.15) is 0 Å². The van der Waals surface area contributed by atoms with E-state index in [9.17, 15) is 9.59 Å². The molecule has 4 nitrogen and oxygen atoms in total. The summed E-state index contributed by atoms with van der Waals surface area (Å²) in [5.74, 6) is -1.91. The maximum atomic E-state index is 11.9. The number of hydrogen-bond donors (Lipinski definition) is 2. The minimum atomic E-state index is -0.953. The van der Waals surface area contributed by atoms with E-state index < -0.39 is 11.8 Å². The fourth-order valence-corrected chi connectivity index (χ4v) is 2.56. The molecule has 2 aromatic carbocycles. The maximum Gasteiger partial charge on any atom is 0.314 e. The zero-order chi connectivity index (χ0) is 16.3. The summed E-state index contributed by atoms with van der Waals surface area (Å²) in [4.78, 5) is 23.8. The van der Waals surface area contributed by atoms with Crippen molar-refractivity contribution in [2.75, 3.05) is 10.6 Å². The normalized spacial score (nSPS) is 10.2. The van der Waals surface area contributed by atoms with E-state index in [1.54, 1.807) is 12.1 Å². The molecule has 0 aromatic heterocycles. The fourth-order valence-electron chi connectivity index (χ4n) is 1.58. The van der Waals surface area contributed by atoms with Crippen molar-refractivity contribution in [2.45, 2.75) is 0 Å². The second kappa shape index (κ2) is 7.20. The Kier molecular flexibility index (Phi) is 5.53. The van der Waals surface area contributed by atoms with Crippen LogP contribution in [0.15, 0.2) is 36.4 Å². The number of amides is 2. The summed E-state index contributed by atoms with van der Waals surface area (Å²) in [6, 6.07) is 9.36. The third-order valence-electron chi connectivity index (χ3n) is 2.61. The van der Waals surface area contributed by atoms with Crippen LogP contribution in [0.5, 0.6) is 0 Å². The van der Waals surface area contributed by atoms with Gasteiger partial charge >= 0.3 is 11.8 Å². The van der Waals surface area contributed by atoms with Crippen LogP contribution in [-0.2, 0) is 9.59 Å². The molecule has 0 radical (unpaired) electrons. The first kappa shape index (κ1) is 16.9. The Morgan fingerprint density at radius 2 is 0.909 bits per heavy atom. The molecule has 0 saturated carbocycles.